The van der Waals surface area contributed by atoms with E-state index >= 15 is 0 Å². The van der Waals surface area contributed by atoms with Crippen LogP contribution in [0.5, 0.6) is 5.75 Å². The van der Waals surface area contributed by atoms with Crippen molar-refractivity contribution in [2.24, 2.45) is 5.41 Å². The summed E-state index contributed by atoms with van der Waals surface area (Å²) in [5.74, 6) is -2.05. The number of thiazole rings is 1. The topological polar surface area (TPSA) is 158 Å². The molecule has 258 valence electrons. The number of amides is 3. The molecule has 3 amide bonds. The zero-order chi connectivity index (χ0) is 34.5. The van der Waals surface area contributed by atoms with Gasteiger partial charge in [-0.25, -0.2) is 9.37 Å². The minimum atomic E-state index is -1.96. The van der Waals surface area contributed by atoms with Crippen molar-refractivity contribution in [3.63, 3.8) is 0 Å². The number of halogens is 1. The molecule has 0 unspecified atom stereocenters. The van der Waals surface area contributed by atoms with E-state index in [2.05, 4.69) is 15.6 Å². The molecule has 1 aliphatic carbocycles. The van der Waals surface area contributed by atoms with Crippen molar-refractivity contribution in [3.05, 3.63) is 35.0 Å². The fourth-order valence-electron chi connectivity index (χ4n) is 5.76. The lowest BCUT2D eigenvalue weighted by atomic mass is 9.85. The van der Waals surface area contributed by atoms with Gasteiger partial charge in [0.1, 0.15) is 17.8 Å². The largest absolute Gasteiger partial charge is 0.493 e. The number of carbonyl (C=O) groups excluding carboxylic acids is 3. The van der Waals surface area contributed by atoms with E-state index in [-0.39, 0.29) is 32.2 Å². The third kappa shape index (κ3) is 9.28. The lowest BCUT2D eigenvalue weighted by molar-refractivity contribution is -0.145. The van der Waals surface area contributed by atoms with Gasteiger partial charge in [0, 0.05) is 24.9 Å². The standard InChI is InChI=1S/C34H47FN4O7S/c1-20(24-12-11-22(28-21(2)36-19-47-28)16-26(24)46-15-9-7-6-8-10-27(41)42)37-30(43)25-17-23(40)18-39(25)31(44)29(33(3,4)5)38-32(45)34(35)13-14-34/h11-12,16,19-20,23,25,29,40H,6-10,13-15,17-18H2,1-5H3,(H,37,43)(H,38,45)(H,41,42)/t20-,23+,25-,29+/m0/s1. The maximum absolute atomic E-state index is 14.5. The van der Waals surface area contributed by atoms with Crippen LogP contribution in [-0.2, 0) is 19.2 Å². The van der Waals surface area contributed by atoms with E-state index in [1.807, 2.05) is 32.0 Å². The average Bonchev–Trinajstić information content (AvgIpc) is 3.41. The zero-order valence-electron chi connectivity index (χ0n) is 27.8. The highest BCUT2D eigenvalue weighted by Crippen LogP contribution is 2.40. The van der Waals surface area contributed by atoms with Crippen LogP contribution in [0.25, 0.3) is 10.4 Å². The molecule has 13 heteroatoms. The second-order valence-corrected chi connectivity index (χ2v) is 14.6. The first-order chi connectivity index (χ1) is 22.1. The van der Waals surface area contributed by atoms with Crippen LogP contribution >= 0.6 is 11.3 Å². The number of aryl methyl sites for hydroxylation is 1. The van der Waals surface area contributed by atoms with E-state index < -0.39 is 59.0 Å². The molecule has 1 saturated carbocycles. The molecule has 2 aromatic rings. The number of aromatic nitrogens is 1. The van der Waals surface area contributed by atoms with Gasteiger partial charge in [0.15, 0.2) is 5.67 Å². The van der Waals surface area contributed by atoms with Crippen LogP contribution in [0.15, 0.2) is 23.7 Å². The quantitative estimate of drug-likeness (QED) is 0.198. The first-order valence-corrected chi connectivity index (χ1v) is 17.2. The number of carbonyl (C=O) groups is 4. The highest BCUT2D eigenvalue weighted by atomic mass is 32.1. The number of benzene rings is 1. The van der Waals surface area contributed by atoms with Gasteiger partial charge < -0.3 is 30.5 Å². The lowest BCUT2D eigenvalue weighted by Crippen LogP contribution is -2.59. The van der Waals surface area contributed by atoms with E-state index in [1.165, 1.54) is 16.2 Å². The van der Waals surface area contributed by atoms with Gasteiger partial charge in [0.2, 0.25) is 11.8 Å². The van der Waals surface area contributed by atoms with Crippen molar-refractivity contribution in [3.8, 4) is 16.2 Å². The summed E-state index contributed by atoms with van der Waals surface area (Å²) >= 11 is 1.52. The Kier molecular flexibility index (Phi) is 11.7. The number of β-amino-alcohol motifs (C(OH)–C–C–N with tert-alkyl or cyclic N) is 1. The minimum Gasteiger partial charge on any atom is -0.493 e. The molecule has 4 N–H and O–H groups in total. The number of carboxylic acid groups (broad SMARTS) is 1. The first-order valence-electron chi connectivity index (χ1n) is 16.3. The van der Waals surface area contributed by atoms with Crippen molar-refractivity contribution < 1.29 is 38.5 Å². The summed E-state index contributed by atoms with van der Waals surface area (Å²) in [7, 11) is 0. The number of hydrogen-bond donors (Lipinski definition) is 4. The number of aliphatic hydroxyl groups is 1. The van der Waals surface area contributed by atoms with Gasteiger partial charge in [0.25, 0.3) is 5.91 Å². The number of hydrogen-bond acceptors (Lipinski definition) is 8. The van der Waals surface area contributed by atoms with Gasteiger partial charge in [-0.15, -0.1) is 11.3 Å². The smallest absolute Gasteiger partial charge is 0.303 e. The number of carboxylic acids is 1. The van der Waals surface area contributed by atoms with Crippen molar-refractivity contribution in [1.82, 2.24) is 20.5 Å². The number of alkyl halides is 1. The van der Waals surface area contributed by atoms with Crippen molar-refractivity contribution in [2.75, 3.05) is 13.2 Å². The van der Waals surface area contributed by atoms with Gasteiger partial charge in [-0.2, -0.15) is 0 Å². The normalized spacial score (nSPS) is 19.9. The Morgan fingerprint density at radius 3 is 2.47 bits per heavy atom. The average molecular weight is 675 g/mol. The maximum atomic E-state index is 14.5. The van der Waals surface area contributed by atoms with Gasteiger partial charge in [-0.3, -0.25) is 19.2 Å². The molecule has 4 rings (SSSR count). The molecule has 2 heterocycles. The molecule has 2 fully saturated rings. The van der Waals surface area contributed by atoms with Crippen molar-refractivity contribution in [2.45, 2.75) is 116 Å². The van der Waals surface area contributed by atoms with E-state index in [4.69, 9.17) is 9.84 Å². The second kappa shape index (κ2) is 15.1. The van der Waals surface area contributed by atoms with Crippen LogP contribution in [0.4, 0.5) is 4.39 Å². The third-order valence-electron chi connectivity index (χ3n) is 8.74. The summed E-state index contributed by atoms with van der Waals surface area (Å²) in [6.45, 7) is 9.34. The van der Waals surface area contributed by atoms with Gasteiger partial charge in [0.05, 0.1) is 34.8 Å². The summed E-state index contributed by atoms with van der Waals surface area (Å²) in [6.07, 6.45) is 2.39. The summed E-state index contributed by atoms with van der Waals surface area (Å²) in [5.41, 5.74) is 1.58. The van der Waals surface area contributed by atoms with E-state index in [0.717, 1.165) is 41.0 Å². The van der Waals surface area contributed by atoms with E-state index in [1.54, 1.807) is 26.3 Å². The zero-order valence-corrected chi connectivity index (χ0v) is 28.6. The molecule has 0 radical (unpaired) electrons. The molecule has 1 aromatic heterocycles. The van der Waals surface area contributed by atoms with Crippen LogP contribution in [0.3, 0.4) is 0 Å². The number of nitrogens with one attached hydrogen (secondary N) is 2. The van der Waals surface area contributed by atoms with E-state index in [0.29, 0.717) is 18.8 Å². The molecule has 1 aromatic carbocycles. The van der Waals surface area contributed by atoms with Crippen molar-refractivity contribution in [1.29, 1.82) is 0 Å². The summed E-state index contributed by atoms with van der Waals surface area (Å²) in [4.78, 5) is 57.5. The number of likely N-dealkylation sites (tertiary alicyclic amines) is 1. The molecule has 1 saturated heterocycles. The highest BCUT2D eigenvalue weighted by Gasteiger charge is 2.53. The van der Waals surface area contributed by atoms with Crippen LogP contribution in [-0.4, -0.2) is 80.8 Å². The van der Waals surface area contributed by atoms with Gasteiger partial charge in [-0.1, -0.05) is 45.7 Å². The van der Waals surface area contributed by atoms with Gasteiger partial charge >= 0.3 is 5.97 Å². The fraction of sp³-hybridized carbons (Fsp3) is 0.618. The molecular formula is C34H47FN4O7S. The highest BCUT2D eigenvalue weighted by molar-refractivity contribution is 7.13. The Balaban J connectivity index is 1.48. The second-order valence-electron chi connectivity index (χ2n) is 13.8. The molecule has 47 heavy (non-hydrogen) atoms. The van der Waals surface area contributed by atoms with Crippen LogP contribution in [0.2, 0.25) is 0 Å². The summed E-state index contributed by atoms with van der Waals surface area (Å²) in [6, 6.07) is 3.15. The van der Waals surface area contributed by atoms with E-state index in [9.17, 15) is 28.7 Å². The third-order valence-corrected chi connectivity index (χ3v) is 9.72. The number of rotatable bonds is 15. The molecule has 0 bridgehead atoms. The molecule has 1 aliphatic heterocycles. The Bertz CT molecular complexity index is 1450. The van der Waals surface area contributed by atoms with Gasteiger partial charge in [-0.05, 0) is 56.6 Å². The number of ether oxygens (including phenoxy) is 1. The lowest BCUT2D eigenvalue weighted by Gasteiger charge is -2.35. The monoisotopic (exact) mass is 674 g/mol. The Morgan fingerprint density at radius 1 is 1.15 bits per heavy atom. The van der Waals surface area contributed by atoms with Crippen LogP contribution in [0, 0.1) is 12.3 Å². The maximum Gasteiger partial charge on any atom is 0.303 e. The minimum absolute atomic E-state index is 0.0248. The predicted molar refractivity (Wildman–Crippen MR) is 176 cm³/mol. The number of aliphatic hydroxyl groups excluding tert-OH is 1. The predicted octanol–water partition coefficient (Wildman–Crippen LogP) is 4.70. The SMILES string of the molecule is Cc1ncsc1-c1ccc([C@H](C)NC(=O)[C@@H]2C[C@@H](O)CN2C(=O)[C@@H](NC(=O)C2(F)CC2)C(C)(C)C)c(OCCCCCCC(=O)O)c1. The number of aliphatic carboxylic acids is 1. The van der Waals surface area contributed by atoms with Crippen LogP contribution in [0.1, 0.15) is 96.4 Å². The molecule has 2 aliphatic rings. The first kappa shape index (κ1) is 36.3. The summed E-state index contributed by atoms with van der Waals surface area (Å²) < 4.78 is 20.7. The number of unbranched alkanes of at least 4 members (excludes halogenated alkanes) is 3. The summed E-state index contributed by atoms with van der Waals surface area (Å²) in [5, 5.41) is 25.0. The fourth-order valence-corrected chi connectivity index (χ4v) is 6.56. The Hall–Kier alpha value is -3.58. The van der Waals surface area contributed by atoms with Crippen molar-refractivity contribution >= 4 is 35.0 Å². The molecule has 11 nitrogen and oxygen atoms in total. The van der Waals surface area contributed by atoms with Crippen LogP contribution < -0.4 is 15.4 Å². The molecular weight excluding hydrogens is 627 g/mol. The number of nitrogens with zero attached hydrogens (tertiary/aromatic N) is 2. The Morgan fingerprint density at radius 2 is 1.85 bits per heavy atom. The molecule has 4 atom stereocenters. The Labute approximate surface area is 279 Å². The molecule has 0 spiro atoms.